The molecular weight excluding hydrogens is 236 g/mol. The van der Waals surface area contributed by atoms with Crippen molar-refractivity contribution >= 4 is 23.1 Å². The summed E-state index contributed by atoms with van der Waals surface area (Å²) in [7, 11) is 3.57. The average molecular weight is 253 g/mol. The molecule has 5 heteroatoms. The van der Waals surface area contributed by atoms with E-state index in [2.05, 4.69) is 5.32 Å². The first-order valence-corrected chi connectivity index (χ1v) is 5.54. The zero-order valence-electron chi connectivity index (χ0n) is 10.2. The van der Waals surface area contributed by atoms with Crippen LogP contribution in [-0.2, 0) is 0 Å². The molecule has 0 saturated carbocycles. The minimum Gasteiger partial charge on any atom is -0.385 e. The number of aryl methyl sites for hydroxylation is 1. The molecule has 0 fully saturated rings. The van der Waals surface area contributed by atoms with Gasteiger partial charge in [-0.3, -0.25) is 5.41 Å². The van der Waals surface area contributed by atoms with Gasteiger partial charge in [-0.15, -0.1) is 0 Å². The van der Waals surface area contributed by atoms with Gasteiger partial charge in [0.15, 0.2) is 0 Å². The minimum absolute atomic E-state index is 0.318. The molecule has 4 N–H and O–H groups in total. The Kier molecular flexibility index (Phi) is 4.40. The van der Waals surface area contributed by atoms with Crippen LogP contribution in [-0.4, -0.2) is 24.8 Å². The fraction of sp³-hybridized carbons (Fsp3) is 0.250. The number of hydrogen-bond donors (Lipinski definition) is 3. The summed E-state index contributed by atoms with van der Waals surface area (Å²) < 4.78 is 0. The zero-order valence-corrected chi connectivity index (χ0v) is 11.0. The molecular formula is C12H17ClN4. The van der Waals surface area contributed by atoms with Crippen molar-refractivity contribution in [3.8, 4) is 0 Å². The summed E-state index contributed by atoms with van der Waals surface area (Å²) in [4.78, 5) is 1.66. The molecule has 0 unspecified atom stereocenters. The summed E-state index contributed by atoms with van der Waals surface area (Å²) in [6.45, 7) is 1.97. The zero-order chi connectivity index (χ0) is 13.0. The number of likely N-dealkylation sites (N-methyl/N-ethyl adjacent to an activating group) is 1. The van der Waals surface area contributed by atoms with Gasteiger partial charge in [-0.1, -0.05) is 17.7 Å². The minimum atomic E-state index is 0.318. The maximum absolute atomic E-state index is 7.62. The van der Waals surface area contributed by atoms with Gasteiger partial charge in [-0.2, -0.15) is 0 Å². The van der Waals surface area contributed by atoms with Gasteiger partial charge in [0.2, 0.25) is 0 Å². The van der Waals surface area contributed by atoms with Crippen LogP contribution in [0.4, 0.5) is 5.69 Å². The van der Waals surface area contributed by atoms with Crippen molar-refractivity contribution in [2.45, 2.75) is 6.92 Å². The van der Waals surface area contributed by atoms with E-state index in [4.69, 9.17) is 22.7 Å². The monoisotopic (exact) mass is 252 g/mol. The molecule has 17 heavy (non-hydrogen) atoms. The van der Waals surface area contributed by atoms with E-state index in [0.717, 1.165) is 11.3 Å². The number of amidine groups is 1. The largest absolute Gasteiger partial charge is 0.385 e. The number of nitrogens with one attached hydrogen (secondary N) is 2. The number of nitrogens with two attached hydrogens (primary N) is 1. The van der Waals surface area contributed by atoms with Crippen molar-refractivity contribution in [1.82, 2.24) is 4.90 Å². The second-order valence-corrected chi connectivity index (χ2v) is 4.39. The lowest BCUT2D eigenvalue weighted by atomic mass is 10.2. The molecule has 0 aliphatic carbocycles. The fourth-order valence-electron chi connectivity index (χ4n) is 1.19. The quantitative estimate of drug-likeness (QED) is 0.572. The molecule has 0 saturated heterocycles. The third kappa shape index (κ3) is 4.00. The molecule has 1 aromatic carbocycles. The fourth-order valence-corrected chi connectivity index (χ4v) is 1.47. The van der Waals surface area contributed by atoms with Crippen molar-refractivity contribution < 1.29 is 0 Å². The third-order valence-corrected chi connectivity index (χ3v) is 2.49. The van der Waals surface area contributed by atoms with Gasteiger partial charge in [-0.25, -0.2) is 0 Å². The maximum Gasteiger partial charge on any atom is 0.123 e. The van der Waals surface area contributed by atoms with Crippen molar-refractivity contribution in [1.29, 1.82) is 5.41 Å². The van der Waals surface area contributed by atoms with Crippen LogP contribution in [0.5, 0.6) is 0 Å². The molecule has 0 aliphatic heterocycles. The summed E-state index contributed by atoms with van der Waals surface area (Å²) in [5, 5.41) is 11.2. The number of hydrogen-bond acceptors (Lipinski definition) is 3. The van der Waals surface area contributed by atoms with Gasteiger partial charge in [0.1, 0.15) is 11.7 Å². The highest BCUT2D eigenvalue weighted by Crippen LogP contribution is 2.23. The van der Waals surface area contributed by atoms with E-state index >= 15 is 0 Å². The molecule has 0 heterocycles. The Balaban J connectivity index is 2.81. The van der Waals surface area contributed by atoms with E-state index in [-0.39, 0.29) is 0 Å². The Morgan fingerprint density at radius 1 is 1.47 bits per heavy atom. The number of benzene rings is 1. The van der Waals surface area contributed by atoms with Crippen LogP contribution in [0.3, 0.4) is 0 Å². The van der Waals surface area contributed by atoms with E-state index in [0.29, 0.717) is 16.7 Å². The standard InChI is InChI=1S/C12H17ClN4/c1-8-4-5-10(9(13)6-8)16-11(14)7-12(15)17(2)3/h4-7,15-16H,14H2,1-3H3/b11-7+,15-12?. The molecule has 4 nitrogen and oxygen atoms in total. The summed E-state index contributed by atoms with van der Waals surface area (Å²) >= 11 is 6.06. The van der Waals surface area contributed by atoms with Crippen LogP contribution < -0.4 is 11.1 Å². The molecule has 1 rings (SSSR count). The smallest absolute Gasteiger partial charge is 0.123 e. The maximum atomic E-state index is 7.62. The van der Waals surface area contributed by atoms with E-state index in [1.165, 1.54) is 6.08 Å². The van der Waals surface area contributed by atoms with E-state index in [1.807, 2.05) is 25.1 Å². The van der Waals surface area contributed by atoms with Gasteiger partial charge < -0.3 is 16.0 Å². The predicted octanol–water partition coefficient (Wildman–Crippen LogP) is 2.40. The van der Waals surface area contributed by atoms with Crippen LogP contribution in [0.1, 0.15) is 5.56 Å². The normalized spacial score (nSPS) is 11.2. The second kappa shape index (κ2) is 5.59. The Morgan fingerprint density at radius 3 is 2.65 bits per heavy atom. The number of halogens is 1. The molecule has 92 valence electrons. The van der Waals surface area contributed by atoms with Crippen LogP contribution in [0.25, 0.3) is 0 Å². The number of nitrogens with zero attached hydrogens (tertiary/aromatic N) is 1. The molecule has 0 aliphatic rings. The SMILES string of the molecule is Cc1ccc(N/C(N)=C/C(=N)N(C)C)c(Cl)c1. The van der Waals surface area contributed by atoms with Crippen molar-refractivity contribution in [3.63, 3.8) is 0 Å². The predicted molar refractivity (Wildman–Crippen MR) is 73.5 cm³/mol. The second-order valence-electron chi connectivity index (χ2n) is 3.99. The van der Waals surface area contributed by atoms with Gasteiger partial charge in [0.05, 0.1) is 10.7 Å². The topological polar surface area (TPSA) is 65.1 Å². The lowest BCUT2D eigenvalue weighted by Crippen LogP contribution is -2.21. The van der Waals surface area contributed by atoms with Crippen molar-refractivity contribution in [2.75, 3.05) is 19.4 Å². The molecule has 0 aromatic heterocycles. The summed E-state index contributed by atoms with van der Waals surface area (Å²) in [5.41, 5.74) is 7.60. The van der Waals surface area contributed by atoms with Gasteiger partial charge >= 0.3 is 0 Å². The molecule has 1 aromatic rings. The van der Waals surface area contributed by atoms with Crippen LogP contribution in [0.15, 0.2) is 30.1 Å². The van der Waals surface area contributed by atoms with Gasteiger partial charge in [-0.05, 0) is 24.6 Å². The van der Waals surface area contributed by atoms with Crippen LogP contribution >= 0.6 is 11.6 Å². The Bertz CT molecular complexity index is 452. The highest BCUT2D eigenvalue weighted by Gasteiger charge is 2.02. The Morgan fingerprint density at radius 2 is 2.12 bits per heavy atom. The van der Waals surface area contributed by atoms with E-state index in [9.17, 15) is 0 Å². The number of rotatable bonds is 3. The lowest BCUT2D eigenvalue weighted by Gasteiger charge is -2.12. The van der Waals surface area contributed by atoms with E-state index in [1.54, 1.807) is 19.0 Å². The highest BCUT2D eigenvalue weighted by molar-refractivity contribution is 6.33. The Hall–Kier alpha value is -1.68. The lowest BCUT2D eigenvalue weighted by molar-refractivity contribution is 0.621. The Labute approximate surface area is 107 Å². The van der Waals surface area contributed by atoms with Gasteiger partial charge in [0, 0.05) is 20.2 Å². The van der Waals surface area contributed by atoms with Crippen LogP contribution in [0.2, 0.25) is 5.02 Å². The molecule has 0 bridgehead atoms. The first kappa shape index (κ1) is 13.4. The molecule has 0 radical (unpaired) electrons. The molecule has 0 atom stereocenters. The van der Waals surface area contributed by atoms with Crippen LogP contribution in [0, 0.1) is 12.3 Å². The third-order valence-electron chi connectivity index (χ3n) is 2.18. The average Bonchev–Trinajstić information content (AvgIpc) is 2.22. The summed E-state index contributed by atoms with van der Waals surface area (Å²) in [5.74, 6) is 0.702. The van der Waals surface area contributed by atoms with E-state index < -0.39 is 0 Å². The van der Waals surface area contributed by atoms with Crippen molar-refractivity contribution in [3.05, 3.63) is 40.7 Å². The molecule has 0 amide bonds. The molecule has 0 spiro atoms. The first-order valence-electron chi connectivity index (χ1n) is 5.16. The summed E-state index contributed by atoms with van der Waals surface area (Å²) in [6, 6.07) is 5.66. The van der Waals surface area contributed by atoms with Gasteiger partial charge in [0.25, 0.3) is 0 Å². The first-order chi connectivity index (χ1) is 7.90. The summed E-state index contributed by atoms with van der Waals surface area (Å²) in [6.07, 6.45) is 1.54. The van der Waals surface area contributed by atoms with Crippen molar-refractivity contribution in [2.24, 2.45) is 5.73 Å². The number of anilines is 1. The highest BCUT2D eigenvalue weighted by atomic mass is 35.5.